The Balaban J connectivity index is 1.64. The first kappa shape index (κ1) is 20.0. The summed E-state index contributed by atoms with van der Waals surface area (Å²) in [6.07, 6.45) is 3.74. The fraction of sp³-hybridized carbons (Fsp3) is 0.765. The summed E-state index contributed by atoms with van der Waals surface area (Å²) in [7, 11) is 1.73. The zero-order valence-corrected chi connectivity index (χ0v) is 16.3. The molecule has 1 aromatic heterocycles. The number of hydrogen-bond donors (Lipinski definition) is 3. The van der Waals surface area contributed by atoms with Crippen molar-refractivity contribution in [3.63, 3.8) is 0 Å². The number of amides is 1. The number of hydrogen-bond acceptors (Lipinski definition) is 5. The van der Waals surface area contributed by atoms with E-state index in [1.807, 2.05) is 20.8 Å². The highest BCUT2D eigenvalue weighted by Gasteiger charge is 2.16. The summed E-state index contributed by atoms with van der Waals surface area (Å²) in [5.74, 6) is 2.72. The number of nitrogens with one attached hydrogen (secondary N) is 3. The van der Waals surface area contributed by atoms with E-state index in [9.17, 15) is 4.79 Å². The fourth-order valence-corrected chi connectivity index (χ4v) is 2.68. The third-order valence-corrected chi connectivity index (χ3v) is 3.89. The molecule has 0 atom stereocenters. The molecule has 2 rings (SSSR count). The molecule has 0 fully saturated rings. The number of fused-ring (bicyclic) bond motifs is 1. The Kier molecular flexibility index (Phi) is 7.23. The molecule has 26 heavy (non-hydrogen) atoms. The van der Waals surface area contributed by atoms with E-state index in [4.69, 9.17) is 4.74 Å². The van der Waals surface area contributed by atoms with Crippen molar-refractivity contribution in [2.45, 2.75) is 65.1 Å². The van der Waals surface area contributed by atoms with Gasteiger partial charge in [0.2, 0.25) is 0 Å². The minimum atomic E-state index is -0.477. The number of carbonyl (C=O) groups excluding carboxylic acids is 1. The molecule has 0 saturated heterocycles. The maximum Gasteiger partial charge on any atom is 0.407 e. The minimum Gasteiger partial charge on any atom is -0.444 e. The second kappa shape index (κ2) is 9.40. The zero-order valence-electron chi connectivity index (χ0n) is 16.3. The molecule has 0 radical (unpaired) electrons. The first-order valence-electron chi connectivity index (χ1n) is 9.21. The quantitative estimate of drug-likeness (QED) is 0.397. The van der Waals surface area contributed by atoms with Gasteiger partial charge >= 0.3 is 6.09 Å². The second-order valence-electron chi connectivity index (χ2n) is 7.28. The highest BCUT2D eigenvalue weighted by molar-refractivity contribution is 5.79. The van der Waals surface area contributed by atoms with Crippen molar-refractivity contribution in [3.8, 4) is 0 Å². The Morgan fingerprint density at radius 3 is 2.69 bits per heavy atom. The van der Waals surface area contributed by atoms with Crippen LogP contribution in [0.5, 0.6) is 0 Å². The fourth-order valence-electron chi connectivity index (χ4n) is 2.68. The average molecular weight is 365 g/mol. The number of ether oxygens (including phenoxy) is 1. The number of aliphatic imine (C=N–C) groups is 1. The molecule has 1 aromatic rings. The third-order valence-electron chi connectivity index (χ3n) is 3.89. The Morgan fingerprint density at radius 2 is 1.96 bits per heavy atom. The van der Waals surface area contributed by atoms with Crippen molar-refractivity contribution in [2.24, 2.45) is 4.99 Å². The summed E-state index contributed by atoms with van der Waals surface area (Å²) in [6.45, 7) is 8.33. The van der Waals surface area contributed by atoms with E-state index in [1.54, 1.807) is 7.05 Å². The number of rotatable bonds is 6. The molecule has 3 N–H and O–H groups in total. The number of alkyl carbamates (subject to hydrolysis) is 1. The van der Waals surface area contributed by atoms with Crippen LogP contribution in [0.2, 0.25) is 0 Å². The Labute approximate surface area is 155 Å². The number of carbonyl (C=O) groups is 1. The van der Waals surface area contributed by atoms with Crippen molar-refractivity contribution in [1.82, 2.24) is 30.7 Å². The lowest BCUT2D eigenvalue weighted by atomic mass is 10.2. The molecule has 0 aromatic carbocycles. The van der Waals surface area contributed by atoms with E-state index in [0.29, 0.717) is 25.6 Å². The summed E-state index contributed by atoms with van der Waals surface area (Å²) in [5.41, 5.74) is -0.477. The van der Waals surface area contributed by atoms with Crippen LogP contribution >= 0.6 is 0 Å². The summed E-state index contributed by atoms with van der Waals surface area (Å²) in [4.78, 5) is 15.8. The lowest BCUT2D eigenvalue weighted by Gasteiger charge is -2.19. The average Bonchev–Trinajstić information content (AvgIpc) is 2.99. The van der Waals surface area contributed by atoms with Gasteiger partial charge in [-0.2, -0.15) is 0 Å². The Bertz CT molecular complexity index is 619. The molecule has 0 saturated carbocycles. The van der Waals surface area contributed by atoms with E-state index in [1.165, 1.54) is 12.8 Å². The van der Waals surface area contributed by atoms with Crippen LogP contribution in [0, 0.1) is 0 Å². The van der Waals surface area contributed by atoms with Gasteiger partial charge in [-0.1, -0.05) is 0 Å². The molecule has 2 heterocycles. The number of guanidine groups is 1. The molecule has 0 unspecified atom stereocenters. The minimum absolute atomic E-state index is 0.392. The highest BCUT2D eigenvalue weighted by Crippen LogP contribution is 2.13. The van der Waals surface area contributed by atoms with Gasteiger partial charge in [-0.05, 0) is 40.0 Å². The van der Waals surface area contributed by atoms with E-state index >= 15 is 0 Å². The molecule has 1 aliphatic heterocycles. The molecule has 0 aliphatic carbocycles. The summed E-state index contributed by atoms with van der Waals surface area (Å²) in [6, 6.07) is 0. The number of aryl methyl sites for hydroxylation is 1. The SMILES string of the molecule is CN=C(NCCCNC(=O)OC(C)(C)C)NCc1nnc2n1CCCC2. The maximum absolute atomic E-state index is 11.6. The van der Waals surface area contributed by atoms with Crippen LogP contribution in [-0.4, -0.2) is 52.6 Å². The van der Waals surface area contributed by atoms with Crippen molar-refractivity contribution >= 4 is 12.1 Å². The van der Waals surface area contributed by atoms with Crippen LogP contribution < -0.4 is 16.0 Å². The van der Waals surface area contributed by atoms with Gasteiger partial charge in [-0.15, -0.1) is 10.2 Å². The van der Waals surface area contributed by atoms with Gasteiger partial charge in [-0.3, -0.25) is 4.99 Å². The Morgan fingerprint density at radius 1 is 1.19 bits per heavy atom. The second-order valence-corrected chi connectivity index (χ2v) is 7.28. The normalized spacial score (nSPS) is 14.5. The predicted octanol–water partition coefficient (Wildman–Crippen LogP) is 1.19. The zero-order chi connectivity index (χ0) is 19.0. The Hall–Kier alpha value is -2.32. The van der Waals surface area contributed by atoms with E-state index in [-0.39, 0.29) is 0 Å². The largest absolute Gasteiger partial charge is 0.444 e. The summed E-state index contributed by atoms with van der Waals surface area (Å²) in [5, 5.41) is 17.7. The van der Waals surface area contributed by atoms with Crippen LogP contribution in [-0.2, 0) is 24.2 Å². The van der Waals surface area contributed by atoms with Gasteiger partial charge in [0, 0.05) is 33.1 Å². The smallest absolute Gasteiger partial charge is 0.407 e. The molecular weight excluding hydrogens is 334 g/mol. The molecule has 9 heteroatoms. The third kappa shape index (κ3) is 6.53. The maximum atomic E-state index is 11.6. The molecule has 1 aliphatic rings. The van der Waals surface area contributed by atoms with E-state index in [0.717, 1.165) is 31.0 Å². The van der Waals surface area contributed by atoms with Gasteiger partial charge in [0.15, 0.2) is 11.8 Å². The topological polar surface area (TPSA) is 105 Å². The number of aromatic nitrogens is 3. The van der Waals surface area contributed by atoms with Crippen LogP contribution in [0.25, 0.3) is 0 Å². The summed E-state index contributed by atoms with van der Waals surface area (Å²) >= 11 is 0. The lowest BCUT2D eigenvalue weighted by Crippen LogP contribution is -2.39. The van der Waals surface area contributed by atoms with Gasteiger partial charge in [0.05, 0.1) is 6.54 Å². The van der Waals surface area contributed by atoms with Crippen LogP contribution in [0.1, 0.15) is 51.7 Å². The van der Waals surface area contributed by atoms with Gasteiger partial charge in [0.1, 0.15) is 11.4 Å². The summed E-state index contributed by atoms with van der Waals surface area (Å²) < 4.78 is 7.38. The van der Waals surface area contributed by atoms with Crippen molar-refractivity contribution < 1.29 is 9.53 Å². The monoisotopic (exact) mass is 365 g/mol. The van der Waals surface area contributed by atoms with Crippen LogP contribution in [0.4, 0.5) is 4.79 Å². The van der Waals surface area contributed by atoms with Gasteiger partial charge < -0.3 is 25.3 Å². The molecule has 0 spiro atoms. The molecular formula is C17H31N7O2. The van der Waals surface area contributed by atoms with Crippen molar-refractivity contribution in [3.05, 3.63) is 11.6 Å². The van der Waals surface area contributed by atoms with Crippen molar-refractivity contribution in [2.75, 3.05) is 20.1 Å². The lowest BCUT2D eigenvalue weighted by molar-refractivity contribution is 0.0527. The van der Waals surface area contributed by atoms with Gasteiger partial charge in [-0.25, -0.2) is 4.79 Å². The standard InChI is InChI=1S/C17H31N7O2/c1-17(2,3)26-16(25)20-10-7-9-19-15(18-4)21-12-14-23-22-13-8-5-6-11-24(13)14/h5-12H2,1-4H3,(H,20,25)(H2,18,19,21). The van der Waals surface area contributed by atoms with E-state index in [2.05, 4.69) is 35.7 Å². The van der Waals surface area contributed by atoms with Crippen LogP contribution in [0.15, 0.2) is 4.99 Å². The predicted molar refractivity (Wildman–Crippen MR) is 100 cm³/mol. The molecule has 146 valence electrons. The highest BCUT2D eigenvalue weighted by atomic mass is 16.6. The van der Waals surface area contributed by atoms with E-state index < -0.39 is 11.7 Å². The van der Waals surface area contributed by atoms with Gasteiger partial charge in [0.25, 0.3) is 0 Å². The van der Waals surface area contributed by atoms with Crippen LogP contribution in [0.3, 0.4) is 0 Å². The number of nitrogens with zero attached hydrogens (tertiary/aromatic N) is 4. The van der Waals surface area contributed by atoms with Crippen molar-refractivity contribution in [1.29, 1.82) is 0 Å². The molecule has 1 amide bonds. The first-order valence-corrected chi connectivity index (χ1v) is 9.21. The first-order chi connectivity index (χ1) is 12.4. The molecule has 0 bridgehead atoms. The molecule has 9 nitrogen and oxygen atoms in total.